The molecule has 0 bridgehead atoms. The van der Waals surface area contributed by atoms with E-state index < -0.39 is 20.5 Å². The van der Waals surface area contributed by atoms with Gasteiger partial charge in [0.05, 0.1) is 12.6 Å². The van der Waals surface area contributed by atoms with Gasteiger partial charge in [0, 0.05) is 36.6 Å². The molecule has 31 heavy (non-hydrogen) atoms. The molecule has 0 saturated heterocycles. The van der Waals surface area contributed by atoms with E-state index in [0.717, 1.165) is 22.7 Å². The van der Waals surface area contributed by atoms with Gasteiger partial charge in [0.2, 0.25) is 0 Å². The van der Waals surface area contributed by atoms with Crippen LogP contribution in [0.2, 0.25) is 0 Å². The van der Waals surface area contributed by atoms with Crippen molar-refractivity contribution >= 4 is 26.6 Å². The number of carbonyl (C=O) groups is 1. The van der Waals surface area contributed by atoms with Crippen LogP contribution in [0.4, 0.5) is 0 Å². The first-order valence-corrected chi connectivity index (χ1v) is 11.3. The predicted octanol–water partition coefficient (Wildman–Crippen LogP) is 1.77. The van der Waals surface area contributed by atoms with Gasteiger partial charge in [-0.05, 0) is 48.7 Å². The van der Waals surface area contributed by atoms with Gasteiger partial charge in [0.1, 0.15) is 5.75 Å². The van der Waals surface area contributed by atoms with Crippen molar-refractivity contribution in [3.63, 3.8) is 0 Å². The maximum Gasteiger partial charge on any atom is 0.264 e. The van der Waals surface area contributed by atoms with Gasteiger partial charge in [0.25, 0.3) is 11.5 Å². The lowest BCUT2D eigenvalue weighted by Crippen LogP contribution is -2.49. The number of methoxy groups -OCH3 is 1. The van der Waals surface area contributed by atoms with Crippen molar-refractivity contribution in [1.82, 2.24) is 15.0 Å². The van der Waals surface area contributed by atoms with Crippen molar-refractivity contribution in [3.05, 3.63) is 59.1 Å². The Morgan fingerprint density at radius 3 is 2.55 bits per heavy atom. The van der Waals surface area contributed by atoms with Crippen LogP contribution in [-0.2, 0) is 21.2 Å². The number of ether oxygens (including phenoxy) is 1. The second kappa shape index (κ2) is 8.48. The zero-order valence-corrected chi connectivity index (χ0v) is 18.1. The highest BCUT2D eigenvalue weighted by molar-refractivity contribution is 7.92. The van der Waals surface area contributed by atoms with Crippen LogP contribution in [0, 0.1) is 0 Å². The lowest BCUT2D eigenvalue weighted by atomic mass is 10.0. The molecule has 9 nitrogen and oxygen atoms in total. The van der Waals surface area contributed by atoms with E-state index in [-0.39, 0.29) is 18.5 Å². The second-order valence-electron chi connectivity index (χ2n) is 7.39. The molecule has 164 valence electrons. The van der Waals surface area contributed by atoms with Gasteiger partial charge in [0.15, 0.2) is 14.6 Å². The summed E-state index contributed by atoms with van der Waals surface area (Å²) in [6.45, 7) is 1.19. The number of hydroxylamine groups is 1. The summed E-state index contributed by atoms with van der Waals surface area (Å²) in [5, 5.41) is 9.73. The van der Waals surface area contributed by atoms with Crippen LogP contribution in [0.25, 0.3) is 22.0 Å². The first-order valence-electron chi connectivity index (χ1n) is 9.38. The summed E-state index contributed by atoms with van der Waals surface area (Å²) in [5.41, 5.74) is 3.28. The molecule has 0 saturated carbocycles. The van der Waals surface area contributed by atoms with Crippen molar-refractivity contribution in [1.29, 1.82) is 0 Å². The molecule has 10 heteroatoms. The highest BCUT2D eigenvalue weighted by atomic mass is 32.2. The second-order valence-corrected chi connectivity index (χ2v) is 9.83. The highest BCUT2D eigenvalue weighted by Crippen LogP contribution is 2.29. The number of pyridine rings is 2. The number of rotatable bonds is 7. The van der Waals surface area contributed by atoms with E-state index in [1.165, 1.54) is 23.0 Å². The molecule has 0 unspecified atom stereocenters. The van der Waals surface area contributed by atoms with Gasteiger partial charge in [-0.15, -0.1) is 0 Å². The molecular formula is C21H23N3O6S. The zero-order valence-electron chi connectivity index (χ0n) is 17.3. The minimum Gasteiger partial charge on any atom is -0.496 e. The molecule has 0 aliphatic rings. The molecule has 0 spiro atoms. The van der Waals surface area contributed by atoms with E-state index in [1.807, 2.05) is 18.2 Å². The summed E-state index contributed by atoms with van der Waals surface area (Å²) in [6, 6.07) is 10.5. The molecule has 0 fully saturated rings. The molecule has 2 heterocycles. The Labute approximate surface area is 179 Å². The van der Waals surface area contributed by atoms with E-state index in [4.69, 9.17) is 9.94 Å². The number of aromatic nitrogens is 2. The van der Waals surface area contributed by atoms with Crippen molar-refractivity contribution in [3.8, 4) is 16.9 Å². The smallest absolute Gasteiger partial charge is 0.264 e. The minimum absolute atomic E-state index is 0.0223. The Hall–Kier alpha value is -3.24. The van der Waals surface area contributed by atoms with Gasteiger partial charge < -0.3 is 9.30 Å². The maximum atomic E-state index is 12.6. The van der Waals surface area contributed by atoms with Crippen molar-refractivity contribution in [2.24, 2.45) is 0 Å². The van der Waals surface area contributed by atoms with E-state index in [0.29, 0.717) is 11.3 Å². The monoisotopic (exact) mass is 445 g/mol. The molecule has 1 aromatic carbocycles. The average molecular weight is 445 g/mol. The Kier molecular flexibility index (Phi) is 6.14. The first-order chi connectivity index (χ1) is 14.6. The molecule has 3 rings (SSSR count). The average Bonchev–Trinajstić information content (AvgIpc) is 2.75. The number of benzene rings is 1. The summed E-state index contributed by atoms with van der Waals surface area (Å²) in [4.78, 5) is 28.9. The fourth-order valence-electron chi connectivity index (χ4n) is 3.27. The quantitative estimate of drug-likeness (QED) is 0.419. The van der Waals surface area contributed by atoms with E-state index >= 15 is 0 Å². The molecular weight excluding hydrogens is 422 g/mol. The summed E-state index contributed by atoms with van der Waals surface area (Å²) in [5.74, 6) is -0.374. The summed E-state index contributed by atoms with van der Waals surface area (Å²) in [6.07, 6.45) is 3.93. The third-order valence-corrected chi connectivity index (χ3v) is 7.51. The third-order valence-electron chi connectivity index (χ3n) is 5.48. The van der Waals surface area contributed by atoms with Gasteiger partial charge in [-0.2, -0.15) is 0 Å². The fourth-order valence-corrected chi connectivity index (χ4v) is 4.11. The molecule has 1 atom stereocenters. The van der Waals surface area contributed by atoms with Crippen molar-refractivity contribution < 1.29 is 23.2 Å². The molecule has 3 aromatic rings. The maximum absolute atomic E-state index is 12.6. The van der Waals surface area contributed by atoms with Crippen LogP contribution < -0.4 is 15.8 Å². The molecule has 0 aliphatic heterocycles. The number of carbonyl (C=O) groups excluding carboxylic acids is 1. The zero-order chi connectivity index (χ0) is 22.8. The third kappa shape index (κ3) is 4.30. The van der Waals surface area contributed by atoms with Crippen molar-refractivity contribution in [2.75, 3.05) is 13.4 Å². The lowest BCUT2D eigenvalue weighted by molar-refractivity contribution is -0.131. The highest BCUT2D eigenvalue weighted by Gasteiger charge is 2.43. The number of aryl methyl sites for hydroxylation is 1. The van der Waals surface area contributed by atoms with Crippen molar-refractivity contribution in [2.45, 2.75) is 24.6 Å². The van der Waals surface area contributed by atoms with Crippen LogP contribution in [0.3, 0.4) is 0 Å². The normalized spacial score (nSPS) is 13.5. The number of nitrogens with zero attached hydrogens (tertiary/aromatic N) is 2. The predicted molar refractivity (Wildman–Crippen MR) is 116 cm³/mol. The number of nitrogens with one attached hydrogen (secondary N) is 1. The van der Waals surface area contributed by atoms with Crippen LogP contribution in [0.1, 0.15) is 13.3 Å². The van der Waals surface area contributed by atoms with E-state index in [1.54, 1.807) is 31.6 Å². The number of hydrogen-bond acceptors (Lipinski definition) is 7. The van der Waals surface area contributed by atoms with Crippen LogP contribution >= 0.6 is 0 Å². The number of amides is 1. The van der Waals surface area contributed by atoms with Gasteiger partial charge in [-0.1, -0.05) is 6.07 Å². The molecule has 0 radical (unpaired) electrons. The lowest BCUT2D eigenvalue weighted by Gasteiger charge is -2.25. The van der Waals surface area contributed by atoms with E-state index in [2.05, 4.69) is 4.98 Å². The van der Waals surface area contributed by atoms with Crippen LogP contribution in [0.5, 0.6) is 5.75 Å². The molecule has 2 N–H and O–H groups in total. The largest absolute Gasteiger partial charge is 0.496 e. The number of fused-ring (bicyclic) bond motifs is 1. The topological polar surface area (TPSA) is 128 Å². The SMILES string of the molecule is COc1ccnc2ccc(-c3ccn(CC[C@](C)(C(=O)NO)S(C)(=O)=O)c(=O)c3)cc12. The van der Waals surface area contributed by atoms with Gasteiger partial charge in [-0.3, -0.25) is 19.8 Å². The fraction of sp³-hybridized carbons (Fsp3) is 0.286. The van der Waals surface area contributed by atoms with Gasteiger partial charge >= 0.3 is 0 Å². The summed E-state index contributed by atoms with van der Waals surface area (Å²) >= 11 is 0. The summed E-state index contributed by atoms with van der Waals surface area (Å²) < 4.78 is 29.0. The summed E-state index contributed by atoms with van der Waals surface area (Å²) in [7, 11) is -2.27. The Balaban J connectivity index is 1.91. The Morgan fingerprint density at radius 1 is 1.23 bits per heavy atom. The Morgan fingerprint density at radius 2 is 1.94 bits per heavy atom. The van der Waals surface area contributed by atoms with E-state index in [9.17, 15) is 18.0 Å². The molecule has 0 aliphatic carbocycles. The molecule has 1 amide bonds. The van der Waals surface area contributed by atoms with Crippen LogP contribution in [0.15, 0.2) is 53.6 Å². The number of hydrogen-bond donors (Lipinski definition) is 2. The minimum atomic E-state index is -3.84. The van der Waals surface area contributed by atoms with Gasteiger partial charge in [-0.25, -0.2) is 13.9 Å². The van der Waals surface area contributed by atoms with Crippen LogP contribution in [-0.4, -0.2) is 47.2 Å². The standard InChI is InChI=1S/C21H23N3O6S/c1-21(20(26)23-27,31(3,28)29)8-11-24-10-7-15(13-19(24)25)14-4-5-17-16(12-14)18(30-2)6-9-22-17/h4-7,9-10,12-13,27H,8,11H2,1-3H3,(H,23,26)/t21-/m1/s1. The number of sulfone groups is 1. The first kappa shape index (κ1) is 22.4. The molecule has 2 aromatic heterocycles. The Bertz CT molecular complexity index is 1300.